The fourth-order valence-electron chi connectivity index (χ4n) is 2.37. The summed E-state index contributed by atoms with van der Waals surface area (Å²) in [5.74, 6) is 0.230. The fraction of sp³-hybridized carbons (Fsp3) is 0.154. The summed E-state index contributed by atoms with van der Waals surface area (Å²) in [6.07, 6.45) is 0. The minimum absolute atomic E-state index is 0.230. The zero-order chi connectivity index (χ0) is 12.6. The molecule has 0 N–H and O–H groups in total. The van der Waals surface area contributed by atoms with E-state index >= 15 is 0 Å². The molecule has 1 nitrogen and oxygen atoms in total. The lowest BCUT2D eigenvalue weighted by molar-refractivity contribution is 0.104. The molecule has 0 saturated carbocycles. The van der Waals surface area contributed by atoms with Gasteiger partial charge in [0.15, 0.2) is 5.78 Å². The number of aryl methyl sites for hydroxylation is 2. The number of ketones is 1. The highest BCUT2D eigenvalue weighted by Crippen LogP contribution is 2.52. The van der Waals surface area contributed by atoms with E-state index in [1.54, 1.807) is 34.0 Å². The smallest absolute Gasteiger partial charge is 0.197 e. The fourth-order valence-corrected chi connectivity index (χ4v) is 7.20. The lowest BCUT2D eigenvalue weighted by Crippen LogP contribution is -1.92. The average Bonchev–Trinajstić information content (AvgIpc) is 2.98. The summed E-state index contributed by atoms with van der Waals surface area (Å²) in [4.78, 5) is 16.1. The van der Waals surface area contributed by atoms with E-state index in [1.807, 2.05) is 6.07 Å². The molecule has 0 bridgehead atoms. The predicted molar refractivity (Wildman–Crippen MR) is 88.6 cm³/mol. The van der Waals surface area contributed by atoms with Crippen molar-refractivity contribution in [3.63, 3.8) is 0 Å². The molecule has 18 heavy (non-hydrogen) atoms. The Morgan fingerprint density at radius 1 is 1.06 bits per heavy atom. The Balaban J connectivity index is 2.15. The van der Waals surface area contributed by atoms with Crippen LogP contribution in [0.1, 0.15) is 26.4 Å². The quantitative estimate of drug-likeness (QED) is 0.357. The number of hydrogen-bond donors (Lipinski definition) is 0. The van der Waals surface area contributed by atoms with Gasteiger partial charge in [0.05, 0.1) is 27.6 Å². The molecule has 0 fully saturated rings. The summed E-state index contributed by atoms with van der Waals surface area (Å²) in [6, 6.07) is 2.03. The van der Waals surface area contributed by atoms with Crippen molar-refractivity contribution >= 4 is 71.8 Å². The van der Waals surface area contributed by atoms with Crippen molar-refractivity contribution in [2.24, 2.45) is 0 Å². The van der Waals surface area contributed by atoms with Crippen molar-refractivity contribution in [3.8, 4) is 9.75 Å². The van der Waals surface area contributed by atoms with Crippen LogP contribution in [-0.2, 0) is 0 Å². The van der Waals surface area contributed by atoms with Crippen molar-refractivity contribution < 1.29 is 4.79 Å². The maximum absolute atomic E-state index is 12.5. The number of carbonyl (C=O) groups is 1. The van der Waals surface area contributed by atoms with Crippen molar-refractivity contribution in [1.82, 2.24) is 0 Å². The zero-order valence-electron chi connectivity index (χ0n) is 9.59. The van der Waals surface area contributed by atoms with Gasteiger partial charge in [-0.3, -0.25) is 4.79 Å². The predicted octanol–water partition coefficient (Wildman–Crippen LogP) is 5.46. The van der Waals surface area contributed by atoms with Crippen LogP contribution in [0.5, 0.6) is 0 Å². The molecule has 0 radical (unpaired) electrons. The van der Waals surface area contributed by atoms with Gasteiger partial charge >= 0.3 is 0 Å². The van der Waals surface area contributed by atoms with Gasteiger partial charge < -0.3 is 0 Å². The van der Waals surface area contributed by atoms with Gasteiger partial charge in [0.2, 0.25) is 0 Å². The number of carbonyl (C=O) groups excluding carboxylic acids is 1. The van der Waals surface area contributed by atoms with Gasteiger partial charge in [0, 0.05) is 10.4 Å². The molecule has 5 heteroatoms. The molecular formula is C13H7IOS3. The first-order valence-electron chi connectivity index (χ1n) is 5.45. The largest absolute Gasteiger partial charge is 0.288 e. The molecule has 3 aromatic heterocycles. The molecule has 0 spiro atoms. The molecule has 0 aromatic carbocycles. The molecule has 1 aliphatic carbocycles. The van der Waals surface area contributed by atoms with E-state index in [4.69, 9.17) is 0 Å². The van der Waals surface area contributed by atoms with E-state index in [1.165, 1.54) is 32.5 Å². The van der Waals surface area contributed by atoms with Gasteiger partial charge in [0.1, 0.15) is 0 Å². The van der Waals surface area contributed by atoms with Crippen molar-refractivity contribution in [2.75, 3.05) is 0 Å². The zero-order valence-corrected chi connectivity index (χ0v) is 14.2. The van der Waals surface area contributed by atoms with E-state index in [0.29, 0.717) is 0 Å². The molecule has 0 unspecified atom stereocenters. The Bertz CT molecular complexity index is 834. The van der Waals surface area contributed by atoms with E-state index in [2.05, 4.69) is 36.4 Å². The van der Waals surface area contributed by atoms with E-state index in [-0.39, 0.29) is 5.78 Å². The first-order chi connectivity index (χ1) is 8.58. The number of thiophene rings is 3. The topological polar surface area (TPSA) is 17.1 Å². The molecule has 4 rings (SSSR count). The number of hydrogen-bond acceptors (Lipinski definition) is 4. The Labute approximate surface area is 130 Å². The van der Waals surface area contributed by atoms with Crippen molar-refractivity contribution in [2.45, 2.75) is 13.8 Å². The highest BCUT2D eigenvalue weighted by molar-refractivity contribution is 14.1. The number of rotatable bonds is 0. The van der Waals surface area contributed by atoms with Crippen LogP contribution < -0.4 is 0 Å². The summed E-state index contributed by atoms with van der Waals surface area (Å²) < 4.78 is 3.80. The maximum Gasteiger partial charge on any atom is 0.197 e. The highest BCUT2D eigenvalue weighted by Gasteiger charge is 2.34. The molecule has 0 aliphatic heterocycles. The van der Waals surface area contributed by atoms with Crippen LogP contribution in [0, 0.1) is 16.7 Å². The minimum atomic E-state index is 0.230. The molecule has 0 amide bonds. The minimum Gasteiger partial charge on any atom is -0.288 e. The van der Waals surface area contributed by atoms with Gasteiger partial charge in [-0.1, -0.05) is 0 Å². The Morgan fingerprint density at radius 3 is 2.61 bits per heavy atom. The Kier molecular flexibility index (Phi) is 2.35. The van der Waals surface area contributed by atoms with Crippen LogP contribution in [-0.4, -0.2) is 5.78 Å². The standard InChI is InChI=1S/C13H7IOS3/c1-4-3-6-8(15)7-11-9(5(2)13(14)18-11)17-12(7)10(6)16-4/h3H,1-2H3. The lowest BCUT2D eigenvalue weighted by atomic mass is 10.1. The van der Waals surface area contributed by atoms with Crippen LogP contribution in [0.3, 0.4) is 0 Å². The summed E-state index contributed by atoms with van der Waals surface area (Å²) in [6.45, 7) is 4.22. The second-order valence-electron chi connectivity index (χ2n) is 4.39. The lowest BCUT2D eigenvalue weighted by Gasteiger charge is -1.89. The van der Waals surface area contributed by atoms with Crippen LogP contribution >= 0.6 is 56.6 Å². The third kappa shape index (κ3) is 1.28. The molecule has 3 heterocycles. The van der Waals surface area contributed by atoms with Gasteiger partial charge in [0.25, 0.3) is 0 Å². The summed E-state index contributed by atoms with van der Waals surface area (Å²) in [5.41, 5.74) is 3.21. The van der Waals surface area contributed by atoms with E-state index in [0.717, 1.165) is 11.1 Å². The number of fused-ring (bicyclic) bond motifs is 5. The van der Waals surface area contributed by atoms with Crippen LogP contribution in [0.25, 0.3) is 19.2 Å². The number of halogens is 1. The van der Waals surface area contributed by atoms with E-state index in [9.17, 15) is 4.79 Å². The van der Waals surface area contributed by atoms with Crippen molar-refractivity contribution in [1.29, 1.82) is 0 Å². The van der Waals surface area contributed by atoms with Crippen LogP contribution in [0.2, 0.25) is 0 Å². The third-order valence-corrected chi connectivity index (χ3v) is 8.45. The first-order valence-corrected chi connectivity index (χ1v) is 8.97. The van der Waals surface area contributed by atoms with Crippen molar-refractivity contribution in [3.05, 3.63) is 30.5 Å². The molecule has 0 atom stereocenters. The SMILES string of the molecule is Cc1cc2c(s1)-c1sc3c(C)c(I)sc3c1C2=O. The summed E-state index contributed by atoms with van der Waals surface area (Å²) in [5, 5.41) is 0. The average molecular weight is 402 g/mol. The molecule has 90 valence electrons. The van der Waals surface area contributed by atoms with Gasteiger partial charge in [-0.25, -0.2) is 0 Å². The second-order valence-corrected chi connectivity index (χ2v) is 9.50. The monoisotopic (exact) mass is 402 g/mol. The van der Waals surface area contributed by atoms with Crippen LogP contribution in [0.15, 0.2) is 6.07 Å². The first kappa shape index (κ1) is 11.6. The second kappa shape index (κ2) is 3.65. The normalized spacial score (nSPS) is 13.4. The Morgan fingerprint density at radius 2 is 1.83 bits per heavy atom. The summed E-state index contributed by atoms with van der Waals surface area (Å²) in [7, 11) is 0. The van der Waals surface area contributed by atoms with Gasteiger partial charge in [-0.15, -0.1) is 34.0 Å². The summed E-state index contributed by atoms with van der Waals surface area (Å²) >= 11 is 7.65. The van der Waals surface area contributed by atoms with Gasteiger partial charge in [-0.05, 0) is 48.1 Å². The highest BCUT2D eigenvalue weighted by atomic mass is 127. The van der Waals surface area contributed by atoms with Crippen LogP contribution in [0.4, 0.5) is 0 Å². The Hall–Kier alpha value is -0.240. The maximum atomic E-state index is 12.5. The molecule has 1 aliphatic rings. The van der Waals surface area contributed by atoms with E-state index < -0.39 is 0 Å². The van der Waals surface area contributed by atoms with Gasteiger partial charge in [-0.2, -0.15) is 0 Å². The molecule has 0 saturated heterocycles. The third-order valence-electron chi connectivity index (χ3n) is 3.22. The molecule has 3 aromatic rings. The molecular weight excluding hydrogens is 395 g/mol.